The van der Waals surface area contributed by atoms with Crippen LogP contribution in [-0.2, 0) is 21.2 Å². The molecular formula is C18H26N2O3S. The molecule has 0 unspecified atom stereocenters. The minimum absolute atomic E-state index is 0.0178. The molecule has 3 rings (SSSR count). The Kier molecular flexibility index (Phi) is 4.97. The molecule has 1 aliphatic heterocycles. The summed E-state index contributed by atoms with van der Waals surface area (Å²) in [5.74, 6) is 0.852. The summed E-state index contributed by atoms with van der Waals surface area (Å²) in [6, 6.07) is 8.05. The second kappa shape index (κ2) is 6.84. The summed E-state index contributed by atoms with van der Waals surface area (Å²) >= 11 is 0. The Labute approximate surface area is 144 Å². The summed E-state index contributed by atoms with van der Waals surface area (Å²) in [7, 11) is -3.19. The normalized spacial score (nSPS) is 24.9. The topological polar surface area (TPSA) is 66.5 Å². The molecule has 0 aromatic heterocycles. The molecule has 1 amide bonds. The van der Waals surface area contributed by atoms with Crippen LogP contribution >= 0.6 is 0 Å². The lowest BCUT2D eigenvalue weighted by Gasteiger charge is -2.19. The molecule has 1 saturated carbocycles. The maximum atomic E-state index is 12.3. The summed E-state index contributed by atoms with van der Waals surface area (Å²) in [5.41, 5.74) is 2.39. The van der Waals surface area contributed by atoms with E-state index in [2.05, 4.69) is 24.4 Å². The van der Waals surface area contributed by atoms with Crippen molar-refractivity contribution in [2.45, 2.75) is 38.6 Å². The Morgan fingerprint density at radius 2 is 1.96 bits per heavy atom. The quantitative estimate of drug-likeness (QED) is 0.849. The average molecular weight is 350 g/mol. The molecule has 6 heteroatoms. The van der Waals surface area contributed by atoms with Crippen LogP contribution in [0.3, 0.4) is 0 Å². The van der Waals surface area contributed by atoms with Crippen LogP contribution in [0.5, 0.6) is 0 Å². The molecular weight excluding hydrogens is 324 g/mol. The van der Waals surface area contributed by atoms with Gasteiger partial charge in [-0.2, -0.15) is 4.31 Å². The Balaban J connectivity index is 1.57. The van der Waals surface area contributed by atoms with Gasteiger partial charge in [-0.3, -0.25) is 4.79 Å². The zero-order valence-electron chi connectivity index (χ0n) is 14.4. The van der Waals surface area contributed by atoms with Crippen LogP contribution in [-0.4, -0.2) is 44.0 Å². The fourth-order valence-corrected chi connectivity index (χ4v) is 4.51. The summed E-state index contributed by atoms with van der Waals surface area (Å²) in [6.07, 6.45) is 4.71. The number of amides is 1. The number of carbonyl (C=O) groups is 1. The molecule has 0 spiro atoms. The number of sulfonamides is 1. The van der Waals surface area contributed by atoms with Crippen LogP contribution in [0.4, 0.5) is 0 Å². The summed E-state index contributed by atoms with van der Waals surface area (Å²) in [5, 5.41) is 3.10. The number of hydrogen-bond donors (Lipinski definition) is 1. The van der Waals surface area contributed by atoms with Crippen LogP contribution in [0.2, 0.25) is 0 Å². The fraction of sp³-hybridized carbons (Fsp3) is 0.611. The van der Waals surface area contributed by atoms with E-state index in [-0.39, 0.29) is 17.9 Å². The maximum absolute atomic E-state index is 12.3. The van der Waals surface area contributed by atoms with Gasteiger partial charge in [-0.25, -0.2) is 8.42 Å². The van der Waals surface area contributed by atoms with Gasteiger partial charge in [0.2, 0.25) is 15.9 Å². The number of rotatable bonds is 6. The molecule has 1 aliphatic carbocycles. The van der Waals surface area contributed by atoms with Gasteiger partial charge in [-0.1, -0.05) is 24.3 Å². The first-order chi connectivity index (χ1) is 11.3. The van der Waals surface area contributed by atoms with Crippen molar-refractivity contribution in [1.29, 1.82) is 0 Å². The Morgan fingerprint density at radius 3 is 2.58 bits per heavy atom. The minimum atomic E-state index is -3.19. The molecule has 1 heterocycles. The van der Waals surface area contributed by atoms with E-state index in [4.69, 9.17) is 0 Å². The summed E-state index contributed by atoms with van der Waals surface area (Å²) in [6.45, 7) is 3.01. The van der Waals surface area contributed by atoms with Gasteiger partial charge in [0, 0.05) is 25.6 Å². The second-order valence-electron chi connectivity index (χ2n) is 7.18. The molecule has 2 fully saturated rings. The van der Waals surface area contributed by atoms with Crippen LogP contribution in [0.25, 0.3) is 0 Å². The van der Waals surface area contributed by atoms with E-state index < -0.39 is 10.0 Å². The van der Waals surface area contributed by atoms with E-state index >= 15 is 0 Å². The predicted octanol–water partition coefficient (Wildman–Crippen LogP) is 1.71. The summed E-state index contributed by atoms with van der Waals surface area (Å²) in [4.78, 5) is 12.3. The summed E-state index contributed by atoms with van der Waals surface area (Å²) < 4.78 is 25.1. The van der Waals surface area contributed by atoms with Crippen molar-refractivity contribution >= 4 is 15.9 Å². The fourth-order valence-electron chi connectivity index (χ4n) is 3.63. The molecule has 2 aliphatic rings. The standard InChI is InChI=1S/C18H26N2O3S/c1-13-5-3-4-6-14(13)9-10-18(21)19-17-12-20(24(2,22)23)11-16(17)15-7-8-15/h3-6,15-17H,7-12H2,1-2H3,(H,19,21)/t16-,17+/m0/s1. The second-order valence-corrected chi connectivity index (χ2v) is 9.16. The van der Waals surface area contributed by atoms with Crippen LogP contribution < -0.4 is 5.32 Å². The highest BCUT2D eigenvalue weighted by Crippen LogP contribution is 2.41. The molecule has 1 N–H and O–H groups in total. The van der Waals surface area contributed by atoms with Crippen molar-refractivity contribution < 1.29 is 13.2 Å². The highest BCUT2D eigenvalue weighted by Gasteiger charge is 2.45. The van der Waals surface area contributed by atoms with Crippen molar-refractivity contribution in [1.82, 2.24) is 9.62 Å². The van der Waals surface area contributed by atoms with Crippen LogP contribution in [0.1, 0.15) is 30.4 Å². The third-order valence-electron chi connectivity index (χ3n) is 5.26. The van der Waals surface area contributed by atoms with E-state index in [0.29, 0.717) is 25.4 Å². The smallest absolute Gasteiger partial charge is 0.220 e. The SMILES string of the molecule is Cc1ccccc1CCC(=O)N[C@@H]1CN(S(C)(=O)=O)C[C@H]1C1CC1. The molecule has 5 nitrogen and oxygen atoms in total. The van der Waals surface area contributed by atoms with E-state index in [1.54, 1.807) is 0 Å². The number of aryl methyl sites for hydroxylation is 2. The van der Waals surface area contributed by atoms with Crippen molar-refractivity contribution in [3.05, 3.63) is 35.4 Å². The van der Waals surface area contributed by atoms with E-state index in [1.807, 2.05) is 12.1 Å². The highest BCUT2D eigenvalue weighted by atomic mass is 32.2. The van der Waals surface area contributed by atoms with E-state index in [1.165, 1.54) is 21.7 Å². The van der Waals surface area contributed by atoms with Gasteiger partial charge < -0.3 is 5.32 Å². The molecule has 1 saturated heterocycles. The predicted molar refractivity (Wildman–Crippen MR) is 94.1 cm³/mol. The first-order valence-electron chi connectivity index (χ1n) is 8.63. The van der Waals surface area contributed by atoms with Gasteiger partial charge in [0.25, 0.3) is 0 Å². The number of benzene rings is 1. The Morgan fingerprint density at radius 1 is 1.25 bits per heavy atom. The zero-order valence-corrected chi connectivity index (χ0v) is 15.2. The maximum Gasteiger partial charge on any atom is 0.220 e. The Bertz CT molecular complexity index is 713. The van der Waals surface area contributed by atoms with Gasteiger partial charge in [-0.05, 0) is 49.1 Å². The van der Waals surface area contributed by atoms with Crippen molar-refractivity contribution in [2.75, 3.05) is 19.3 Å². The number of carbonyl (C=O) groups excluding carboxylic acids is 1. The molecule has 1 aromatic rings. The first kappa shape index (κ1) is 17.4. The largest absolute Gasteiger partial charge is 0.352 e. The third kappa shape index (κ3) is 4.16. The minimum Gasteiger partial charge on any atom is -0.352 e. The van der Waals surface area contributed by atoms with Gasteiger partial charge in [-0.15, -0.1) is 0 Å². The van der Waals surface area contributed by atoms with Gasteiger partial charge in [0.15, 0.2) is 0 Å². The Hall–Kier alpha value is -1.40. The molecule has 2 atom stereocenters. The highest BCUT2D eigenvalue weighted by molar-refractivity contribution is 7.88. The van der Waals surface area contributed by atoms with E-state index in [9.17, 15) is 13.2 Å². The van der Waals surface area contributed by atoms with Crippen LogP contribution in [0.15, 0.2) is 24.3 Å². The van der Waals surface area contributed by atoms with Crippen molar-refractivity contribution in [3.8, 4) is 0 Å². The zero-order chi connectivity index (χ0) is 17.3. The van der Waals surface area contributed by atoms with Crippen molar-refractivity contribution in [3.63, 3.8) is 0 Å². The number of hydrogen-bond acceptors (Lipinski definition) is 3. The van der Waals surface area contributed by atoms with Gasteiger partial charge in [0.05, 0.1) is 6.26 Å². The lowest BCUT2D eigenvalue weighted by atomic mass is 9.97. The molecule has 0 radical (unpaired) electrons. The lowest BCUT2D eigenvalue weighted by molar-refractivity contribution is -0.121. The molecule has 1 aromatic carbocycles. The van der Waals surface area contributed by atoms with Gasteiger partial charge >= 0.3 is 0 Å². The molecule has 0 bridgehead atoms. The average Bonchev–Trinajstić information content (AvgIpc) is 3.26. The van der Waals surface area contributed by atoms with Crippen molar-refractivity contribution in [2.24, 2.45) is 11.8 Å². The third-order valence-corrected chi connectivity index (χ3v) is 6.49. The van der Waals surface area contributed by atoms with E-state index in [0.717, 1.165) is 19.3 Å². The number of nitrogens with one attached hydrogen (secondary N) is 1. The molecule has 132 valence electrons. The lowest BCUT2D eigenvalue weighted by Crippen LogP contribution is -2.41. The molecule has 24 heavy (non-hydrogen) atoms. The first-order valence-corrected chi connectivity index (χ1v) is 10.5. The van der Waals surface area contributed by atoms with Gasteiger partial charge in [0.1, 0.15) is 0 Å². The monoisotopic (exact) mass is 350 g/mol. The number of nitrogens with zero attached hydrogens (tertiary/aromatic N) is 1. The van der Waals surface area contributed by atoms with Crippen LogP contribution in [0, 0.1) is 18.8 Å².